The van der Waals surface area contributed by atoms with E-state index in [0.717, 1.165) is 0 Å². The lowest BCUT2D eigenvalue weighted by Crippen LogP contribution is -2.50. The molecule has 0 radical (unpaired) electrons. The van der Waals surface area contributed by atoms with Gasteiger partial charge in [0.2, 0.25) is 0 Å². The number of aliphatic hydroxyl groups is 7. The normalized spacial score (nSPS) is 22.5. The van der Waals surface area contributed by atoms with Gasteiger partial charge in [0.05, 0.1) is 13.2 Å². The van der Waals surface area contributed by atoms with Crippen LogP contribution in [0.1, 0.15) is 0 Å². The van der Waals surface area contributed by atoms with Crippen LogP contribution in [0.4, 0.5) is 0 Å². The third kappa shape index (κ3) is 3.46. The van der Waals surface area contributed by atoms with Gasteiger partial charge in [0.15, 0.2) is 0 Å². The first-order chi connectivity index (χ1) is 6.45. The third-order valence-electron chi connectivity index (χ3n) is 1.86. The Balaban J connectivity index is 4.22. The van der Waals surface area contributed by atoms with E-state index in [4.69, 9.17) is 35.7 Å². The van der Waals surface area contributed by atoms with Crippen molar-refractivity contribution in [1.82, 2.24) is 0 Å². The maximum absolute atomic E-state index is 9.15. The molecule has 7 nitrogen and oxygen atoms in total. The van der Waals surface area contributed by atoms with Crippen LogP contribution >= 0.6 is 0 Å². The topological polar surface area (TPSA) is 142 Å². The average Bonchev–Trinajstić information content (AvgIpc) is 2.23. The molecule has 0 saturated heterocycles. The summed E-state index contributed by atoms with van der Waals surface area (Å²) in [4.78, 5) is 0. The number of hydrogen-bond acceptors (Lipinski definition) is 7. The van der Waals surface area contributed by atoms with Crippen LogP contribution in [-0.2, 0) is 0 Å². The van der Waals surface area contributed by atoms with Gasteiger partial charge in [0.1, 0.15) is 30.5 Å². The fourth-order valence-electron chi connectivity index (χ4n) is 0.873. The van der Waals surface area contributed by atoms with Crippen molar-refractivity contribution in [2.75, 3.05) is 13.2 Å². The van der Waals surface area contributed by atoms with Crippen LogP contribution in [0.5, 0.6) is 0 Å². The second-order valence-electron chi connectivity index (χ2n) is 2.97. The molecule has 0 aliphatic carbocycles. The Labute approximate surface area is 80.5 Å². The van der Waals surface area contributed by atoms with Crippen LogP contribution in [0, 0.1) is 0 Å². The van der Waals surface area contributed by atoms with Crippen LogP contribution < -0.4 is 0 Å². The second-order valence-corrected chi connectivity index (χ2v) is 2.97. The molecular weight excluding hydrogens is 196 g/mol. The van der Waals surface area contributed by atoms with Gasteiger partial charge in [-0.1, -0.05) is 0 Å². The highest BCUT2D eigenvalue weighted by molar-refractivity contribution is 4.84. The molecular formula is C7H16O7. The lowest BCUT2D eigenvalue weighted by molar-refractivity contribution is -0.145. The molecule has 0 fully saturated rings. The molecule has 86 valence electrons. The Hall–Kier alpha value is -0.280. The molecule has 7 heteroatoms. The van der Waals surface area contributed by atoms with Crippen molar-refractivity contribution in [3.63, 3.8) is 0 Å². The van der Waals surface area contributed by atoms with Crippen LogP contribution in [0.2, 0.25) is 0 Å². The summed E-state index contributed by atoms with van der Waals surface area (Å²) in [5.74, 6) is 0. The zero-order valence-electron chi connectivity index (χ0n) is 7.43. The van der Waals surface area contributed by atoms with Gasteiger partial charge in [-0.3, -0.25) is 0 Å². The smallest absolute Gasteiger partial charge is 0.111 e. The van der Waals surface area contributed by atoms with Crippen LogP contribution in [-0.4, -0.2) is 79.5 Å². The van der Waals surface area contributed by atoms with Gasteiger partial charge in [0.25, 0.3) is 0 Å². The zero-order chi connectivity index (χ0) is 11.3. The molecule has 0 spiro atoms. The second kappa shape index (κ2) is 6.25. The average molecular weight is 212 g/mol. The van der Waals surface area contributed by atoms with Crippen molar-refractivity contribution < 1.29 is 35.7 Å². The standard InChI is InChI=1S/C7H16O7/c8-1-3(10)5(12)7(14)6(13)4(11)2-9/h3-14H,1-2H2/t3-,4+,5-,6+,7+. The Morgan fingerprint density at radius 2 is 0.857 bits per heavy atom. The van der Waals surface area contributed by atoms with Gasteiger partial charge in [0, 0.05) is 0 Å². The summed E-state index contributed by atoms with van der Waals surface area (Å²) in [6.45, 7) is -1.58. The minimum Gasteiger partial charge on any atom is -0.394 e. The Bertz CT molecular complexity index is 137. The molecule has 0 amide bonds. The van der Waals surface area contributed by atoms with Gasteiger partial charge in [-0.2, -0.15) is 0 Å². The lowest BCUT2D eigenvalue weighted by atomic mass is 10.00. The Morgan fingerprint density at radius 1 is 0.571 bits per heavy atom. The van der Waals surface area contributed by atoms with E-state index in [1.54, 1.807) is 0 Å². The predicted molar refractivity (Wildman–Crippen MR) is 44.2 cm³/mol. The Kier molecular flexibility index (Phi) is 6.12. The monoisotopic (exact) mass is 212 g/mol. The molecule has 0 rings (SSSR count). The molecule has 0 aromatic rings. The van der Waals surface area contributed by atoms with E-state index < -0.39 is 43.7 Å². The summed E-state index contributed by atoms with van der Waals surface area (Å²) in [5, 5.41) is 61.9. The van der Waals surface area contributed by atoms with Crippen molar-refractivity contribution in [2.24, 2.45) is 0 Å². The minimum absolute atomic E-state index is 0.792. The summed E-state index contributed by atoms with van der Waals surface area (Å²) in [7, 11) is 0. The maximum Gasteiger partial charge on any atom is 0.111 e. The fourth-order valence-corrected chi connectivity index (χ4v) is 0.873. The van der Waals surface area contributed by atoms with Gasteiger partial charge >= 0.3 is 0 Å². The SMILES string of the molecule is OC[C@@H](O)[C@@H](O)[C@H](O)[C@@H](O)[C@@H](O)CO. The van der Waals surface area contributed by atoms with Crippen LogP contribution in [0.15, 0.2) is 0 Å². The third-order valence-corrected chi connectivity index (χ3v) is 1.86. The van der Waals surface area contributed by atoms with E-state index in [9.17, 15) is 0 Å². The summed E-state index contributed by atoms with van der Waals surface area (Å²) in [5.41, 5.74) is 0. The summed E-state index contributed by atoms with van der Waals surface area (Å²) in [6, 6.07) is 0. The fraction of sp³-hybridized carbons (Fsp3) is 1.00. The van der Waals surface area contributed by atoms with E-state index in [1.165, 1.54) is 0 Å². The van der Waals surface area contributed by atoms with Crippen molar-refractivity contribution >= 4 is 0 Å². The highest BCUT2D eigenvalue weighted by atomic mass is 16.4. The zero-order valence-corrected chi connectivity index (χ0v) is 7.43. The minimum atomic E-state index is -1.85. The highest BCUT2D eigenvalue weighted by Crippen LogP contribution is 2.07. The summed E-state index contributed by atoms with van der Waals surface area (Å²) < 4.78 is 0. The molecule has 0 heterocycles. The molecule has 14 heavy (non-hydrogen) atoms. The van der Waals surface area contributed by atoms with Crippen molar-refractivity contribution in [2.45, 2.75) is 30.5 Å². The molecule has 0 unspecified atom stereocenters. The molecule has 0 aromatic carbocycles. The number of aliphatic hydroxyl groups excluding tert-OH is 7. The quantitative estimate of drug-likeness (QED) is 0.236. The van der Waals surface area contributed by atoms with Crippen molar-refractivity contribution in [3.05, 3.63) is 0 Å². The Morgan fingerprint density at radius 3 is 1.07 bits per heavy atom. The predicted octanol–water partition coefficient (Wildman–Crippen LogP) is -4.22. The van der Waals surface area contributed by atoms with Crippen LogP contribution in [0.25, 0.3) is 0 Å². The molecule has 5 atom stereocenters. The molecule has 0 saturated carbocycles. The van der Waals surface area contributed by atoms with E-state index in [2.05, 4.69) is 0 Å². The molecule has 0 aromatic heterocycles. The number of hydrogen-bond donors (Lipinski definition) is 7. The first kappa shape index (κ1) is 13.7. The van der Waals surface area contributed by atoms with E-state index in [0.29, 0.717) is 0 Å². The molecule has 7 N–H and O–H groups in total. The van der Waals surface area contributed by atoms with Gasteiger partial charge in [-0.15, -0.1) is 0 Å². The summed E-state index contributed by atoms with van der Waals surface area (Å²) >= 11 is 0. The van der Waals surface area contributed by atoms with E-state index >= 15 is 0 Å². The van der Waals surface area contributed by atoms with Gasteiger partial charge in [-0.05, 0) is 0 Å². The van der Waals surface area contributed by atoms with Crippen LogP contribution in [0.3, 0.4) is 0 Å². The first-order valence-electron chi connectivity index (χ1n) is 4.07. The maximum atomic E-state index is 9.15. The molecule has 0 aliphatic rings. The molecule has 0 aliphatic heterocycles. The van der Waals surface area contributed by atoms with Gasteiger partial charge < -0.3 is 35.7 Å². The first-order valence-corrected chi connectivity index (χ1v) is 4.07. The lowest BCUT2D eigenvalue weighted by Gasteiger charge is -2.27. The largest absolute Gasteiger partial charge is 0.394 e. The van der Waals surface area contributed by atoms with E-state index in [-0.39, 0.29) is 0 Å². The molecule has 0 bridgehead atoms. The number of rotatable bonds is 6. The van der Waals surface area contributed by atoms with E-state index in [1.807, 2.05) is 0 Å². The van der Waals surface area contributed by atoms with Gasteiger partial charge in [-0.25, -0.2) is 0 Å². The van der Waals surface area contributed by atoms with Crippen molar-refractivity contribution in [3.8, 4) is 0 Å². The highest BCUT2D eigenvalue weighted by Gasteiger charge is 2.33. The van der Waals surface area contributed by atoms with Crippen molar-refractivity contribution in [1.29, 1.82) is 0 Å². The summed E-state index contributed by atoms with van der Waals surface area (Å²) in [6.07, 6.45) is -8.68.